The molecule has 8 heteroatoms. The minimum atomic E-state index is -3.60. The minimum absolute atomic E-state index is 0.189. The Labute approximate surface area is 131 Å². The van der Waals surface area contributed by atoms with Crippen LogP contribution < -0.4 is 10.5 Å². The van der Waals surface area contributed by atoms with Gasteiger partial charge in [0.1, 0.15) is 9.20 Å². The Bertz CT molecular complexity index is 720. The topological polar surface area (TPSA) is 72.2 Å². The highest BCUT2D eigenvalue weighted by atomic mass is 32.2. The maximum atomic E-state index is 12.2. The van der Waals surface area contributed by atoms with Crippen LogP contribution in [-0.2, 0) is 10.0 Å². The molecule has 0 spiro atoms. The first-order valence-electron chi connectivity index (χ1n) is 5.49. The van der Waals surface area contributed by atoms with Crippen molar-refractivity contribution in [1.82, 2.24) is 0 Å². The van der Waals surface area contributed by atoms with Crippen molar-refractivity contribution in [1.29, 1.82) is 0 Å². The normalized spacial score (nSPS) is 11.2. The molecule has 0 bridgehead atoms. The predicted molar refractivity (Wildman–Crippen MR) is 89.2 cm³/mol. The van der Waals surface area contributed by atoms with E-state index in [0.29, 0.717) is 10.6 Å². The molecular formula is C12H12N2O2S4. The van der Waals surface area contributed by atoms with Crippen LogP contribution in [0.1, 0.15) is 4.88 Å². The Balaban J connectivity index is 2.23. The van der Waals surface area contributed by atoms with Gasteiger partial charge in [0.25, 0.3) is 10.0 Å². The molecule has 1 aromatic carbocycles. The number of benzene rings is 1. The molecule has 0 saturated carbocycles. The number of nitrogens with one attached hydrogen (secondary N) is 1. The lowest BCUT2D eigenvalue weighted by Gasteiger charge is -2.06. The van der Waals surface area contributed by atoms with Crippen LogP contribution in [0.3, 0.4) is 0 Å². The maximum Gasteiger partial charge on any atom is 0.271 e. The molecule has 0 amide bonds. The van der Waals surface area contributed by atoms with Crippen molar-refractivity contribution in [2.45, 2.75) is 9.10 Å². The summed E-state index contributed by atoms with van der Waals surface area (Å²) in [6, 6.07) is 10.3. The number of hydrogen-bond donors (Lipinski definition) is 2. The molecule has 20 heavy (non-hydrogen) atoms. The lowest BCUT2D eigenvalue weighted by atomic mass is 10.3. The number of hydrogen-bond acceptors (Lipinski definition) is 5. The zero-order valence-corrected chi connectivity index (χ0v) is 13.8. The van der Waals surface area contributed by atoms with Crippen LogP contribution in [0.2, 0.25) is 0 Å². The first-order chi connectivity index (χ1) is 9.42. The summed E-state index contributed by atoms with van der Waals surface area (Å²) in [5.74, 6) is 0. The average Bonchev–Trinajstić information content (AvgIpc) is 2.90. The summed E-state index contributed by atoms with van der Waals surface area (Å²) < 4.78 is 27.1. The van der Waals surface area contributed by atoms with Crippen LogP contribution in [0.4, 0.5) is 5.69 Å². The second-order valence-electron chi connectivity index (χ2n) is 3.82. The highest BCUT2D eigenvalue weighted by Gasteiger charge is 2.17. The molecule has 0 aliphatic carbocycles. The summed E-state index contributed by atoms with van der Waals surface area (Å²) in [7, 11) is -3.60. The molecular weight excluding hydrogens is 332 g/mol. The van der Waals surface area contributed by atoms with Crippen molar-refractivity contribution in [2.24, 2.45) is 5.73 Å². The highest BCUT2D eigenvalue weighted by molar-refractivity contribution is 7.98. The fourth-order valence-electron chi connectivity index (χ4n) is 1.46. The van der Waals surface area contributed by atoms with Crippen molar-refractivity contribution in [2.75, 3.05) is 11.0 Å². The Morgan fingerprint density at radius 1 is 1.25 bits per heavy atom. The molecule has 0 aliphatic heterocycles. The third-order valence-electron chi connectivity index (χ3n) is 2.43. The Hall–Kier alpha value is -1.09. The van der Waals surface area contributed by atoms with E-state index in [-0.39, 0.29) is 9.20 Å². The number of thiophene rings is 1. The van der Waals surface area contributed by atoms with E-state index in [1.807, 2.05) is 18.4 Å². The average molecular weight is 345 g/mol. The van der Waals surface area contributed by atoms with E-state index in [4.69, 9.17) is 18.0 Å². The van der Waals surface area contributed by atoms with Gasteiger partial charge in [-0.1, -0.05) is 12.2 Å². The molecule has 0 radical (unpaired) electrons. The van der Waals surface area contributed by atoms with Crippen LogP contribution in [0, 0.1) is 0 Å². The van der Waals surface area contributed by atoms with E-state index < -0.39 is 10.0 Å². The van der Waals surface area contributed by atoms with E-state index in [1.54, 1.807) is 30.0 Å². The molecule has 0 aliphatic rings. The number of sulfonamides is 1. The molecule has 2 aromatic rings. The van der Waals surface area contributed by atoms with Gasteiger partial charge in [0.15, 0.2) is 0 Å². The lowest BCUT2D eigenvalue weighted by molar-refractivity contribution is 0.603. The summed E-state index contributed by atoms with van der Waals surface area (Å²) in [5, 5.41) is 0. The van der Waals surface area contributed by atoms with Crippen LogP contribution in [0.25, 0.3) is 0 Å². The number of anilines is 1. The number of thiocarbonyl (C=S) groups is 1. The van der Waals surface area contributed by atoms with Crippen molar-refractivity contribution in [3.8, 4) is 0 Å². The van der Waals surface area contributed by atoms with Gasteiger partial charge < -0.3 is 5.73 Å². The predicted octanol–water partition coefficient (Wildman–Crippen LogP) is 2.91. The van der Waals surface area contributed by atoms with Crippen molar-refractivity contribution in [3.05, 3.63) is 41.3 Å². The third-order valence-corrected chi connectivity index (χ3v) is 6.52. The van der Waals surface area contributed by atoms with Gasteiger partial charge >= 0.3 is 0 Å². The SMILES string of the molecule is CSc1ccc(NS(=O)(=O)c2ccc(C(N)=S)s2)cc1. The Morgan fingerprint density at radius 2 is 1.90 bits per heavy atom. The van der Waals surface area contributed by atoms with Crippen molar-refractivity contribution < 1.29 is 8.42 Å². The monoisotopic (exact) mass is 344 g/mol. The zero-order valence-electron chi connectivity index (χ0n) is 10.5. The largest absolute Gasteiger partial charge is 0.389 e. The van der Waals surface area contributed by atoms with Crippen LogP contribution in [0.5, 0.6) is 0 Å². The summed E-state index contributed by atoms with van der Waals surface area (Å²) in [5.41, 5.74) is 6.00. The maximum absolute atomic E-state index is 12.2. The molecule has 2 rings (SSSR count). The highest BCUT2D eigenvalue weighted by Crippen LogP contribution is 2.25. The number of thioether (sulfide) groups is 1. The summed E-state index contributed by atoms with van der Waals surface area (Å²) in [6.45, 7) is 0. The van der Waals surface area contributed by atoms with E-state index in [0.717, 1.165) is 16.2 Å². The first kappa shape index (κ1) is 15.3. The fourth-order valence-corrected chi connectivity index (χ4v) is 4.28. The van der Waals surface area contributed by atoms with Crippen LogP contribution >= 0.6 is 35.3 Å². The van der Waals surface area contributed by atoms with E-state index in [2.05, 4.69) is 4.72 Å². The molecule has 0 fully saturated rings. The second kappa shape index (κ2) is 6.13. The van der Waals surface area contributed by atoms with Gasteiger partial charge in [-0.25, -0.2) is 8.42 Å². The molecule has 4 nitrogen and oxygen atoms in total. The van der Waals surface area contributed by atoms with E-state index in [1.165, 1.54) is 6.07 Å². The van der Waals surface area contributed by atoms with Gasteiger partial charge in [-0.15, -0.1) is 23.1 Å². The molecule has 0 unspecified atom stereocenters. The summed E-state index contributed by atoms with van der Waals surface area (Å²) in [6.07, 6.45) is 1.96. The molecule has 3 N–H and O–H groups in total. The zero-order chi connectivity index (χ0) is 14.8. The van der Waals surface area contributed by atoms with Gasteiger partial charge in [-0.3, -0.25) is 4.72 Å². The lowest BCUT2D eigenvalue weighted by Crippen LogP contribution is -2.11. The summed E-state index contributed by atoms with van der Waals surface area (Å²) >= 11 is 7.48. The first-order valence-corrected chi connectivity index (χ1v) is 9.42. The van der Waals surface area contributed by atoms with E-state index in [9.17, 15) is 8.42 Å². The molecule has 1 heterocycles. The van der Waals surface area contributed by atoms with Crippen molar-refractivity contribution in [3.63, 3.8) is 0 Å². The second-order valence-corrected chi connectivity index (χ2v) is 8.13. The number of nitrogens with two attached hydrogens (primary N) is 1. The quantitative estimate of drug-likeness (QED) is 0.644. The molecule has 0 atom stereocenters. The number of rotatable bonds is 5. The van der Waals surface area contributed by atoms with Crippen LogP contribution in [-0.4, -0.2) is 19.7 Å². The van der Waals surface area contributed by atoms with E-state index >= 15 is 0 Å². The standard InChI is InChI=1S/C12H12N2O2S4/c1-18-9-4-2-8(3-5-9)14-20(15,16)11-7-6-10(19-11)12(13)17/h2-7,14H,1H3,(H2,13,17). The van der Waals surface area contributed by atoms with Gasteiger partial charge in [-0.2, -0.15) is 0 Å². The van der Waals surface area contributed by atoms with Crippen molar-refractivity contribution >= 4 is 56.0 Å². The van der Waals surface area contributed by atoms with Crippen LogP contribution in [0.15, 0.2) is 45.5 Å². The smallest absolute Gasteiger partial charge is 0.271 e. The fraction of sp³-hybridized carbons (Fsp3) is 0.0833. The Morgan fingerprint density at radius 3 is 2.40 bits per heavy atom. The molecule has 0 saturated heterocycles. The third kappa shape index (κ3) is 3.51. The van der Waals surface area contributed by atoms with Gasteiger partial charge in [-0.05, 0) is 42.7 Å². The van der Waals surface area contributed by atoms with Gasteiger partial charge in [0.05, 0.1) is 4.88 Å². The Kier molecular flexibility index (Phi) is 4.69. The van der Waals surface area contributed by atoms with Gasteiger partial charge in [0, 0.05) is 10.6 Å². The molecule has 1 aromatic heterocycles. The minimum Gasteiger partial charge on any atom is -0.389 e. The summed E-state index contributed by atoms with van der Waals surface area (Å²) in [4.78, 5) is 1.85. The van der Waals surface area contributed by atoms with Gasteiger partial charge in [0.2, 0.25) is 0 Å². The molecule has 106 valence electrons.